The predicted molar refractivity (Wildman–Crippen MR) is 135 cm³/mol. The highest BCUT2D eigenvalue weighted by molar-refractivity contribution is 5.89. The molecule has 0 spiro atoms. The van der Waals surface area contributed by atoms with Gasteiger partial charge in [0.2, 0.25) is 0 Å². The number of fused-ring (bicyclic) bond motifs is 5. The largest absolute Gasteiger partial charge is 0.481 e. The molecule has 5 rings (SSSR count). The number of hydrogen-bond donors (Lipinski definition) is 1. The molecule has 192 valence electrons. The summed E-state index contributed by atoms with van der Waals surface area (Å²) in [6, 6.07) is 3.57. The molecule has 5 heteroatoms. The van der Waals surface area contributed by atoms with Gasteiger partial charge in [0.25, 0.3) is 0 Å². The van der Waals surface area contributed by atoms with Gasteiger partial charge in [-0.15, -0.1) is 0 Å². The Balaban J connectivity index is 1.24. The molecule has 4 fully saturated rings. The van der Waals surface area contributed by atoms with Crippen LogP contribution in [-0.2, 0) is 9.53 Å². The van der Waals surface area contributed by atoms with Crippen molar-refractivity contribution in [1.29, 1.82) is 0 Å². The number of ether oxygens (including phenoxy) is 1. The van der Waals surface area contributed by atoms with E-state index in [1.807, 2.05) is 0 Å². The molecule has 0 unspecified atom stereocenters. The lowest BCUT2D eigenvalue weighted by Crippen LogP contribution is -2.54. The van der Waals surface area contributed by atoms with E-state index in [1.54, 1.807) is 24.5 Å². The van der Waals surface area contributed by atoms with E-state index in [1.165, 1.54) is 38.5 Å². The van der Waals surface area contributed by atoms with Gasteiger partial charge in [-0.25, -0.2) is 4.79 Å². The Morgan fingerprint density at radius 3 is 2.60 bits per heavy atom. The fourth-order valence-electron chi connectivity index (χ4n) is 9.56. The minimum Gasteiger partial charge on any atom is -0.481 e. The van der Waals surface area contributed by atoms with Gasteiger partial charge in [0, 0.05) is 18.8 Å². The van der Waals surface area contributed by atoms with Crippen molar-refractivity contribution in [3.63, 3.8) is 0 Å². The van der Waals surface area contributed by atoms with Crippen LogP contribution in [0.25, 0.3) is 0 Å². The molecule has 1 aromatic rings. The van der Waals surface area contributed by atoms with E-state index in [0.29, 0.717) is 40.6 Å². The van der Waals surface area contributed by atoms with Crippen LogP contribution in [-0.4, -0.2) is 28.1 Å². The molecule has 35 heavy (non-hydrogen) atoms. The average Bonchev–Trinajstić information content (AvgIpc) is 3.20. The molecule has 0 saturated heterocycles. The van der Waals surface area contributed by atoms with Gasteiger partial charge in [-0.3, -0.25) is 9.78 Å². The van der Waals surface area contributed by atoms with E-state index in [9.17, 15) is 14.7 Å². The quantitative estimate of drug-likeness (QED) is 0.454. The van der Waals surface area contributed by atoms with Gasteiger partial charge >= 0.3 is 11.9 Å². The third-order valence-corrected chi connectivity index (χ3v) is 11.4. The first-order chi connectivity index (χ1) is 16.7. The fraction of sp³-hybridized carbons (Fsp3) is 0.767. The van der Waals surface area contributed by atoms with E-state index >= 15 is 0 Å². The second-order valence-corrected chi connectivity index (χ2v) is 12.8. The number of aromatic nitrogens is 1. The average molecular weight is 482 g/mol. The summed E-state index contributed by atoms with van der Waals surface area (Å²) in [5.41, 5.74) is 1.28. The van der Waals surface area contributed by atoms with Crippen LogP contribution in [0.5, 0.6) is 0 Å². The van der Waals surface area contributed by atoms with Crippen molar-refractivity contribution in [3.05, 3.63) is 30.1 Å². The number of carboxylic acid groups (broad SMARTS) is 1. The van der Waals surface area contributed by atoms with Crippen molar-refractivity contribution in [3.8, 4) is 0 Å². The molecular weight excluding hydrogens is 438 g/mol. The maximum atomic E-state index is 12.6. The van der Waals surface area contributed by atoms with Crippen LogP contribution >= 0.6 is 0 Å². The lowest BCUT2D eigenvalue weighted by molar-refractivity contribution is -0.138. The first kappa shape index (κ1) is 24.8. The molecule has 1 heterocycles. The monoisotopic (exact) mass is 481 g/mol. The van der Waals surface area contributed by atoms with Crippen LogP contribution in [0.2, 0.25) is 0 Å². The summed E-state index contributed by atoms with van der Waals surface area (Å²) in [6.45, 7) is 7.41. The number of esters is 1. The van der Waals surface area contributed by atoms with E-state index in [4.69, 9.17) is 4.74 Å². The number of aliphatic carboxylic acids is 1. The van der Waals surface area contributed by atoms with E-state index in [2.05, 4.69) is 25.8 Å². The summed E-state index contributed by atoms with van der Waals surface area (Å²) >= 11 is 0. The van der Waals surface area contributed by atoms with E-state index < -0.39 is 5.97 Å². The molecule has 1 aromatic heterocycles. The maximum Gasteiger partial charge on any atom is 0.339 e. The number of nitrogens with zero attached hydrogens (tertiary/aromatic N) is 1. The zero-order valence-electron chi connectivity index (χ0n) is 21.7. The third kappa shape index (κ3) is 4.42. The van der Waals surface area contributed by atoms with E-state index in [0.717, 1.165) is 43.4 Å². The summed E-state index contributed by atoms with van der Waals surface area (Å²) < 4.78 is 5.95. The van der Waals surface area contributed by atoms with Gasteiger partial charge in [0.1, 0.15) is 6.10 Å². The smallest absolute Gasteiger partial charge is 0.339 e. The van der Waals surface area contributed by atoms with Gasteiger partial charge in [-0.1, -0.05) is 20.8 Å². The fourth-order valence-corrected chi connectivity index (χ4v) is 9.56. The standard InChI is InChI=1S/C30H43NO4/c1-19(6-11-27(32)33)24-9-10-25-23-8-7-21-17-22(35-28(34)20-5-4-16-31-18-20)12-14-29(21,2)26(23)13-15-30(24,25)3/h4-5,16,18-19,21-26H,6-15,17H2,1-3H3,(H,32,33)/t19-,21-,22-,23+,24-,25+,26+,29+,30-/m1/s1. The van der Waals surface area contributed by atoms with Crippen LogP contribution in [0.4, 0.5) is 0 Å². The number of carbonyl (C=O) groups is 2. The number of carbonyl (C=O) groups excluding carboxylic acids is 1. The van der Waals surface area contributed by atoms with Crippen molar-refractivity contribution < 1.29 is 19.4 Å². The molecular formula is C30H43NO4. The van der Waals surface area contributed by atoms with Crippen molar-refractivity contribution in [2.75, 3.05) is 0 Å². The lowest BCUT2D eigenvalue weighted by atomic mass is 9.44. The minimum atomic E-state index is -0.659. The highest BCUT2D eigenvalue weighted by Gasteiger charge is 2.60. The van der Waals surface area contributed by atoms with Crippen LogP contribution in [0, 0.1) is 46.3 Å². The van der Waals surface area contributed by atoms with Gasteiger partial charge in [0.15, 0.2) is 0 Å². The summed E-state index contributed by atoms with van der Waals surface area (Å²) in [7, 11) is 0. The molecule has 0 aromatic carbocycles. The van der Waals surface area contributed by atoms with Gasteiger partial charge in [0.05, 0.1) is 5.56 Å². The first-order valence-electron chi connectivity index (χ1n) is 14.0. The van der Waals surface area contributed by atoms with Gasteiger partial charge < -0.3 is 9.84 Å². The second-order valence-electron chi connectivity index (χ2n) is 12.8. The number of hydrogen-bond acceptors (Lipinski definition) is 4. The van der Waals surface area contributed by atoms with Crippen molar-refractivity contribution >= 4 is 11.9 Å². The zero-order valence-corrected chi connectivity index (χ0v) is 21.7. The summed E-state index contributed by atoms with van der Waals surface area (Å²) in [5.74, 6) is 3.28. The molecule has 0 amide bonds. The molecule has 1 N–H and O–H groups in total. The van der Waals surface area contributed by atoms with Crippen LogP contribution in [0.15, 0.2) is 24.5 Å². The normalized spacial score (nSPS) is 41.2. The molecule has 4 aliphatic rings. The molecule has 9 atom stereocenters. The van der Waals surface area contributed by atoms with Crippen LogP contribution in [0.1, 0.15) is 102 Å². The summed E-state index contributed by atoms with van der Waals surface area (Å²) in [5, 5.41) is 9.19. The SMILES string of the molecule is C[C@H](CCC(=O)O)[C@H]1CC[C@H]2[C@@H]3CC[C@@H]4C[C@H](OC(=O)c5cccnc5)CC[C@]4(C)[C@H]3CC[C@]12C. The Morgan fingerprint density at radius 2 is 1.86 bits per heavy atom. The highest BCUT2D eigenvalue weighted by Crippen LogP contribution is 2.68. The number of rotatable bonds is 6. The van der Waals surface area contributed by atoms with Crippen LogP contribution in [0.3, 0.4) is 0 Å². The third-order valence-electron chi connectivity index (χ3n) is 11.4. The highest BCUT2D eigenvalue weighted by atomic mass is 16.5. The molecule has 0 bridgehead atoms. The Kier molecular flexibility index (Phi) is 6.74. The lowest BCUT2D eigenvalue weighted by Gasteiger charge is -2.61. The Morgan fingerprint density at radius 1 is 1.09 bits per heavy atom. The second kappa shape index (κ2) is 9.52. The Labute approximate surface area is 210 Å². The first-order valence-corrected chi connectivity index (χ1v) is 14.0. The molecule has 5 nitrogen and oxygen atoms in total. The zero-order chi connectivity index (χ0) is 24.8. The van der Waals surface area contributed by atoms with Crippen molar-refractivity contribution in [1.82, 2.24) is 4.98 Å². The molecule has 4 saturated carbocycles. The summed E-state index contributed by atoms with van der Waals surface area (Å²) in [4.78, 5) is 27.8. The van der Waals surface area contributed by atoms with Crippen molar-refractivity contribution in [2.24, 2.45) is 46.3 Å². The molecule has 0 radical (unpaired) electrons. The van der Waals surface area contributed by atoms with E-state index in [-0.39, 0.29) is 12.1 Å². The number of pyridine rings is 1. The summed E-state index contributed by atoms with van der Waals surface area (Å²) in [6.07, 6.45) is 15.3. The maximum absolute atomic E-state index is 12.6. The van der Waals surface area contributed by atoms with Crippen LogP contribution < -0.4 is 0 Å². The van der Waals surface area contributed by atoms with Crippen molar-refractivity contribution in [2.45, 2.75) is 97.5 Å². The van der Waals surface area contributed by atoms with Gasteiger partial charge in [-0.05, 0) is 123 Å². The van der Waals surface area contributed by atoms with Gasteiger partial charge in [-0.2, -0.15) is 0 Å². The topological polar surface area (TPSA) is 76.5 Å². The Hall–Kier alpha value is -1.91. The molecule has 4 aliphatic carbocycles. The minimum absolute atomic E-state index is 0.0251. The molecule has 0 aliphatic heterocycles. The predicted octanol–water partition coefficient (Wildman–Crippen LogP) is 6.77. The Bertz CT molecular complexity index is 934. The number of carboxylic acids is 1.